The lowest BCUT2D eigenvalue weighted by Crippen LogP contribution is -2.07. The highest BCUT2D eigenvalue weighted by atomic mass is 16.1. The second-order valence-electron chi connectivity index (χ2n) is 5.06. The van der Waals surface area contributed by atoms with Crippen LogP contribution >= 0.6 is 0 Å². The summed E-state index contributed by atoms with van der Waals surface area (Å²) in [6.07, 6.45) is 4.24. The molecule has 2 nitrogen and oxygen atoms in total. The topological polar surface area (TPSA) is 43.1 Å². The predicted molar refractivity (Wildman–Crippen MR) is 79.6 cm³/mol. The van der Waals surface area contributed by atoms with Gasteiger partial charge in [-0.25, -0.2) is 0 Å². The van der Waals surface area contributed by atoms with Crippen molar-refractivity contribution in [2.24, 2.45) is 11.7 Å². The zero-order valence-electron chi connectivity index (χ0n) is 11.7. The van der Waals surface area contributed by atoms with E-state index >= 15 is 0 Å². The number of rotatable bonds is 4. The number of benzene rings is 1. The maximum absolute atomic E-state index is 12.3. The Bertz CT molecular complexity index is 532. The lowest BCUT2D eigenvalue weighted by molar-refractivity contribution is -0.115. The van der Waals surface area contributed by atoms with Gasteiger partial charge in [-0.1, -0.05) is 38.1 Å². The number of carbonyl (C=O) groups excluding carboxylic acids is 1. The van der Waals surface area contributed by atoms with Gasteiger partial charge in [-0.3, -0.25) is 4.79 Å². The molecule has 1 unspecified atom stereocenters. The van der Waals surface area contributed by atoms with Gasteiger partial charge in [-0.05, 0) is 29.5 Å². The fourth-order valence-corrected chi connectivity index (χ4v) is 2.61. The summed E-state index contributed by atoms with van der Waals surface area (Å²) in [6.45, 7) is 7.97. The van der Waals surface area contributed by atoms with Crippen LogP contribution in [0.4, 0.5) is 0 Å². The normalized spacial score (nSPS) is 19.1. The second-order valence-corrected chi connectivity index (χ2v) is 5.06. The van der Waals surface area contributed by atoms with Gasteiger partial charge in [0.15, 0.2) is 5.78 Å². The van der Waals surface area contributed by atoms with E-state index < -0.39 is 0 Å². The van der Waals surface area contributed by atoms with Crippen LogP contribution in [-0.2, 0) is 17.6 Å². The number of allylic oxidation sites excluding steroid dienone is 3. The van der Waals surface area contributed by atoms with Crippen molar-refractivity contribution in [1.82, 2.24) is 0 Å². The molecule has 0 spiro atoms. The largest absolute Gasteiger partial charge is 0.401 e. The zero-order chi connectivity index (χ0) is 14.0. The fraction of sp³-hybridized carbons (Fsp3) is 0.353. The highest BCUT2D eigenvalue weighted by molar-refractivity contribution is 6.25. The maximum atomic E-state index is 12.3. The lowest BCUT2D eigenvalue weighted by atomic mass is 9.94. The molecule has 1 atom stereocenters. The van der Waals surface area contributed by atoms with Gasteiger partial charge < -0.3 is 5.73 Å². The van der Waals surface area contributed by atoms with Crippen molar-refractivity contribution >= 4 is 11.4 Å². The van der Waals surface area contributed by atoms with Crippen LogP contribution in [-0.4, -0.2) is 5.78 Å². The van der Waals surface area contributed by atoms with Crippen LogP contribution in [0, 0.1) is 5.92 Å². The Labute approximate surface area is 115 Å². The van der Waals surface area contributed by atoms with E-state index in [1.807, 2.05) is 0 Å². The monoisotopic (exact) mass is 255 g/mol. The van der Waals surface area contributed by atoms with Gasteiger partial charge in [0.05, 0.1) is 0 Å². The average molecular weight is 255 g/mol. The van der Waals surface area contributed by atoms with Gasteiger partial charge in [-0.2, -0.15) is 0 Å². The number of ketones is 1. The molecule has 0 radical (unpaired) electrons. The average Bonchev–Trinajstić information content (AvgIpc) is 2.72. The molecule has 2 N–H and O–H groups in total. The summed E-state index contributed by atoms with van der Waals surface area (Å²) in [5, 5.41) is 0. The third kappa shape index (κ3) is 2.48. The highest BCUT2D eigenvalue weighted by Gasteiger charge is 2.30. The molecule has 0 aromatic heterocycles. The number of Topliss-reactive ketones (excluding diaryl/α,β-unsaturated/α-hetero) is 1. The molecule has 100 valence electrons. The van der Waals surface area contributed by atoms with Crippen molar-refractivity contribution in [3.63, 3.8) is 0 Å². The molecule has 1 aliphatic rings. The van der Waals surface area contributed by atoms with Crippen LogP contribution in [0.25, 0.3) is 5.57 Å². The molecule has 0 aliphatic heterocycles. The van der Waals surface area contributed by atoms with Crippen LogP contribution in [0.15, 0.2) is 36.6 Å². The van der Waals surface area contributed by atoms with E-state index in [2.05, 4.69) is 38.6 Å². The first-order valence-corrected chi connectivity index (χ1v) is 6.89. The van der Waals surface area contributed by atoms with Crippen LogP contribution < -0.4 is 5.73 Å². The standard InChI is InChI=1S/C17H21NO/c1-4-11-7-12(5-2)9-14(8-11)16-15(18)10-13(6-3)17(16)19/h6-9,13H,3-5,10,18H2,1-2H3. The molecule has 0 heterocycles. The van der Waals surface area contributed by atoms with E-state index in [-0.39, 0.29) is 11.7 Å². The number of carbonyl (C=O) groups is 1. The predicted octanol–water partition coefficient (Wildman–Crippen LogP) is 3.26. The zero-order valence-corrected chi connectivity index (χ0v) is 11.7. The first-order chi connectivity index (χ1) is 9.10. The molecule has 0 saturated heterocycles. The molecule has 1 aromatic carbocycles. The second kappa shape index (κ2) is 5.43. The van der Waals surface area contributed by atoms with Gasteiger partial charge in [0.1, 0.15) is 0 Å². The van der Waals surface area contributed by atoms with E-state index in [0.29, 0.717) is 17.7 Å². The third-order valence-electron chi connectivity index (χ3n) is 3.79. The number of nitrogens with two attached hydrogens (primary N) is 1. The van der Waals surface area contributed by atoms with Gasteiger partial charge in [0.2, 0.25) is 0 Å². The Balaban J connectivity index is 2.50. The molecule has 0 bridgehead atoms. The minimum absolute atomic E-state index is 0.114. The third-order valence-corrected chi connectivity index (χ3v) is 3.79. The molecule has 19 heavy (non-hydrogen) atoms. The Hall–Kier alpha value is -1.83. The van der Waals surface area contributed by atoms with Crippen LogP contribution in [0.1, 0.15) is 37.0 Å². The molecule has 1 aromatic rings. The molecule has 2 heteroatoms. The van der Waals surface area contributed by atoms with Crippen molar-refractivity contribution in [3.8, 4) is 0 Å². The maximum Gasteiger partial charge on any atom is 0.172 e. The van der Waals surface area contributed by atoms with Crippen molar-refractivity contribution in [2.75, 3.05) is 0 Å². The first-order valence-electron chi connectivity index (χ1n) is 6.89. The summed E-state index contributed by atoms with van der Waals surface area (Å²) in [4.78, 5) is 12.3. The lowest BCUT2D eigenvalue weighted by Gasteiger charge is -2.09. The molecule has 1 aliphatic carbocycles. The first kappa shape index (κ1) is 13.6. The van der Waals surface area contributed by atoms with E-state index in [9.17, 15) is 4.79 Å². The summed E-state index contributed by atoms with van der Waals surface area (Å²) < 4.78 is 0. The summed E-state index contributed by atoms with van der Waals surface area (Å²) >= 11 is 0. The minimum atomic E-state index is -0.148. The van der Waals surface area contributed by atoms with E-state index in [1.165, 1.54) is 11.1 Å². The quantitative estimate of drug-likeness (QED) is 0.839. The van der Waals surface area contributed by atoms with Crippen molar-refractivity contribution in [2.45, 2.75) is 33.1 Å². The van der Waals surface area contributed by atoms with Gasteiger partial charge in [-0.15, -0.1) is 6.58 Å². The molecule has 0 amide bonds. The summed E-state index contributed by atoms with van der Waals surface area (Å²) in [5.41, 5.74) is 10.9. The Morgan fingerprint density at radius 2 is 1.84 bits per heavy atom. The SMILES string of the molecule is C=CC1CC(N)=C(c2cc(CC)cc(CC)c2)C1=O. The van der Waals surface area contributed by atoms with Gasteiger partial charge in [0.25, 0.3) is 0 Å². The summed E-state index contributed by atoms with van der Waals surface area (Å²) in [7, 11) is 0. The Morgan fingerprint density at radius 3 is 2.26 bits per heavy atom. The Morgan fingerprint density at radius 1 is 1.26 bits per heavy atom. The molecular weight excluding hydrogens is 234 g/mol. The number of hydrogen-bond donors (Lipinski definition) is 1. The smallest absolute Gasteiger partial charge is 0.172 e. The van der Waals surface area contributed by atoms with Crippen LogP contribution in [0.2, 0.25) is 0 Å². The van der Waals surface area contributed by atoms with Gasteiger partial charge in [0, 0.05) is 23.6 Å². The van der Waals surface area contributed by atoms with Crippen molar-refractivity contribution in [1.29, 1.82) is 0 Å². The van der Waals surface area contributed by atoms with Crippen molar-refractivity contribution < 1.29 is 4.79 Å². The molecule has 2 rings (SSSR count). The van der Waals surface area contributed by atoms with E-state index in [0.717, 1.165) is 18.4 Å². The Kier molecular flexibility index (Phi) is 3.89. The van der Waals surface area contributed by atoms with Crippen LogP contribution in [0.3, 0.4) is 0 Å². The van der Waals surface area contributed by atoms with Crippen molar-refractivity contribution in [3.05, 3.63) is 53.2 Å². The van der Waals surface area contributed by atoms with Crippen LogP contribution in [0.5, 0.6) is 0 Å². The highest BCUT2D eigenvalue weighted by Crippen LogP contribution is 2.33. The number of aryl methyl sites for hydroxylation is 2. The molecule has 0 saturated carbocycles. The molecule has 0 fully saturated rings. The molecular formula is C17H21NO. The summed E-state index contributed by atoms with van der Waals surface area (Å²) in [6, 6.07) is 6.38. The summed E-state index contributed by atoms with van der Waals surface area (Å²) in [5.74, 6) is -0.0341. The van der Waals surface area contributed by atoms with Gasteiger partial charge >= 0.3 is 0 Å². The number of hydrogen-bond acceptors (Lipinski definition) is 2. The van der Waals surface area contributed by atoms with E-state index in [1.54, 1.807) is 6.08 Å². The van der Waals surface area contributed by atoms with E-state index in [4.69, 9.17) is 5.73 Å². The fourth-order valence-electron chi connectivity index (χ4n) is 2.61. The minimum Gasteiger partial charge on any atom is -0.401 e.